The van der Waals surface area contributed by atoms with Crippen LogP contribution in [0.15, 0.2) is 60.7 Å². The fourth-order valence-corrected chi connectivity index (χ4v) is 7.86. The summed E-state index contributed by atoms with van der Waals surface area (Å²) in [6.45, 7) is 2.76. The fourth-order valence-electron chi connectivity index (χ4n) is 7.86. The normalized spacial score (nSPS) is 34.4. The predicted octanol–water partition coefficient (Wildman–Crippen LogP) is 4.92. The Morgan fingerprint density at radius 1 is 0.935 bits per heavy atom. The topological polar surface area (TPSA) is 32.3 Å². The molecule has 1 saturated heterocycles. The summed E-state index contributed by atoms with van der Waals surface area (Å²) in [5.41, 5.74) is 3.03. The Morgan fingerprint density at radius 2 is 1.65 bits per heavy atom. The molecular formula is C28H34N2O. The van der Waals surface area contributed by atoms with E-state index in [1.54, 1.807) is 0 Å². The second-order valence-corrected chi connectivity index (χ2v) is 10.8. The first kappa shape index (κ1) is 19.5. The van der Waals surface area contributed by atoms with Gasteiger partial charge in [0.15, 0.2) is 0 Å². The van der Waals surface area contributed by atoms with Gasteiger partial charge in [0.1, 0.15) is 0 Å². The molecule has 3 heteroatoms. The van der Waals surface area contributed by atoms with Crippen molar-refractivity contribution >= 4 is 5.91 Å². The average molecular weight is 415 g/mol. The number of piperidine rings is 1. The van der Waals surface area contributed by atoms with Crippen molar-refractivity contribution in [3.8, 4) is 0 Å². The molecule has 5 aliphatic rings. The summed E-state index contributed by atoms with van der Waals surface area (Å²) in [5, 5.41) is 3.71. The lowest BCUT2D eigenvalue weighted by Crippen LogP contribution is -2.51. The maximum atomic E-state index is 13.9. The highest BCUT2D eigenvalue weighted by Crippen LogP contribution is 2.71. The average Bonchev–Trinajstić information content (AvgIpc) is 3.22. The van der Waals surface area contributed by atoms with Crippen molar-refractivity contribution in [3.05, 3.63) is 71.8 Å². The zero-order valence-electron chi connectivity index (χ0n) is 18.4. The van der Waals surface area contributed by atoms with Crippen molar-refractivity contribution in [3.63, 3.8) is 0 Å². The molecule has 1 heterocycles. The quantitative estimate of drug-likeness (QED) is 0.754. The lowest BCUT2D eigenvalue weighted by atomic mass is 9.64. The van der Waals surface area contributed by atoms with Crippen LogP contribution in [-0.2, 0) is 16.8 Å². The van der Waals surface area contributed by atoms with Crippen molar-refractivity contribution < 1.29 is 4.79 Å². The molecule has 5 fully saturated rings. The van der Waals surface area contributed by atoms with Crippen LogP contribution in [0.3, 0.4) is 0 Å². The van der Waals surface area contributed by atoms with Crippen molar-refractivity contribution in [2.45, 2.75) is 62.9 Å². The highest BCUT2D eigenvalue weighted by Gasteiger charge is 2.67. The maximum absolute atomic E-state index is 13.9. The molecule has 0 aromatic heterocycles. The van der Waals surface area contributed by atoms with Crippen LogP contribution in [0.1, 0.15) is 56.1 Å². The van der Waals surface area contributed by atoms with Crippen LogP contribution in [0.4, 0.5) is 0 Å². The van der Waals surface area contributed by atoms with Gasteiger partial charge in [0, 0.05) is 25.7 Å². The molecule has 1 N–H and O–H groups in total. The van der Waals surface area contributed by atoms with E-state index in [2.05, 4.69) is 70.9 Å². The number of hydrogen-bond donors (Lipinski definition) is 1. The van der Waals surface area contributed by atoms with E-state index >= 15 is 0 Å². The van der Waals surface area contributed by atoms with Gasteiger partial charge in [0.05, 0.1) is 5.41 Å². The fraction of sp³-hybridized carbons (Fsp3) is 0.536. The number of nitrogens with one attached hydrogen (secondary N) is 1. The Morgan fingerprint density at radius 3 is 2.39 bits per heavy atom. The maximum Gasteiger partial charge on any atom is 0.228 e. The molecule has 3 nitrogen and oxygen atoms in total. The Kier molecular flexibility index (Phi) is 4.72. The number of hydrogen-bond acceptors (Lipinski definition) is 2. The first-order valence-electron chi connectivity index (χ1n) is 12.3. The van der Waals surface area contributed by atoms with E-state index in [9.17, 15) is 4.79 Å². The third kappa shape index (κ3) is 3.24. The zero-order valence-corrected chi connectivity index (χ0v) is 18.4. The molecular weight excluding hydrogens is 380 g/mol. The van der Waals surface area contributed by atoms with E-state index in [0.717, 1.165) is 57.7 Å². The van der Waals surface area contributed by atoms with Gasteiger partial charge < -0.3 is 10.2 Å². The van der Waals surface area contributed by atoms with Gasteiger partial charge in [0.2, 0.25) is 5.91 Å². The van der Waals surface area contributed by atoms with Crippen LogP contribution >= 0.6 is 0 Å². The van der Waals surface area contributed by atoms with Crippen LogP contribution in [0, 0.1) is 17.3 Å². The number of likely N-dealkylation sites (tertiary alicyclic amines) is 1. The van der Waals surface area contributed by atoms with Gasteiger partial charge in [-0.2, -0.15) is 0 Å². The van der Waals surface area contributed by atoms with E-state index in [1.807, 2.05) is 0 Å². The first-order valence-corrected chi connectivity index (χ1v) is 12.3. The third-order valence-corrected chi connectivity index (χ3v) is 9.04. The highest BCUT2D eigenvalue weighted by molar-refractivity contribution is 5.84. The molecule has 2 aromatic rings. The van der Waals surface area contributed by atoms with E-state index in [1.165, 1.54) is 24.0 Å². The summed E-state index contributed by atoms with van der Waals surface area (Å²) in [5.74, 6) is 1.95. The van der Waals surface area contributed by atoms with Crippen LogP contribution in [0.2, 0.25) is 0 Å². The summed E-state index contributed by atoms with van der Waals surface area (Å²) in [4.78, 5) is 16.1. The standard InChI is InChI=1S/C28H34N2O/c31-26(30-13-11-25(12-14-30)29-19-21-7-3-1-4-8-21)27-16-22-15-24(18-27)28(17-22,20-27)23-9-5-2-6-10-23/h1-10,22,24-25,29H,11-20H2. The van der Waals surface area contributed by atoms with Crippen LogP contribution < -0.4 is 5.32 Å². The minimum atomic E-state index is -0.0774. The molecule has 4 saturated carbocycles. The zero-order chi connectivity index (χ0) is 20.9. The summed E-state index contributed by atoms with van der Waals surface area (Å²) >= 11 is 0. The largest absolute Gasteiger partial charge is 0.342 e. The molecule has 4 atom stereocenters. The molecule has 4 aliphatic carbocycles. The van der Waals surface area contributed by atoms with Crippen molar-refractivity contribution in [2.75, 3.05) is 13.1 Å². The summed E-state index contributed by atoms with van der Waals surface area (Å²) in [7, 11) is 0. The molecule has 2 aromatic carbocycles. The summed E-state index contributed by atoms with van der Waals surface area (Å²) < 4.78 is 0. The number of carbonyl (C=O) groups is 1. The molecule has 0 radical (unpaired) electrons. The van der Waals surface area contributed by atoms with Gasteiger partial charge in [-0.05, 0) is 73.3 Å². The number of amides is 1. The van der Waals surface area contributed by atoms with Gasteiger partial charge in [0.25, 0.3) is 0 Å². The molecule has 31 heavy (non-hydrogen) atoms. The van der Waals surface area contributed by atoms with Crippen molar-refractivity contribution in [1.82, 2.24) is 10.2 Å². The molecule has 0 spiro atoms. The van der Waals surface area contributed by atoms with Crippen LogP contribution in [-0.4, -0.2) is 29.9 Å². The second kappa shape index (κ2) is 7.48. The Balaban J connectivity index is 1.11. The number of carbonyl (C=O) groups excluding carboxylic acids is 1. The third-order valence-electron chi connectivity index (χ3n) is 9.04. The molecule has 4 bridgehead atoms. The van der Waals surface area contributed by atoms with Gasteiger partial charge in [-0.15, -0.1) is 0 Å². The SMILES string of the molecule is O=C(N1CCC(NCc2ccccc2)CC1)C12CC3CC(C1)C(c1ccccc1)(C3)C2. The number of benzene rings is 2. The van der Waals surface area contributed by atoms with Gasteiger partial charge in [-0.3, -0.25) is 4.79 Å². The van der Waals surface area contributed by atoms with E-state index in [4.69, 9.17) is 0 Å². The van der Waals surface area contributed by atoms with Crippen molar-refractivity contribution in [1.29, 1.82) is 0 Å². The van der Waals surface area contributed by atoms with Crippen LogP contribution in [0.5, 0.6) is 0 Å². The summed E-state index contributed by atoms with van der Waals surface area (Å²) in [6.07, 6.45) is 8.16. The highest BCUT2D eigenvalue weighted by atomic mass is 16.2. The van der Waals surface area contributed by atoms with Crippen LogP contribution in [0.25, 0.3) is 0 Å². The minimum Gasteiger partial charge on any atom is -0.342 e. The predicted molar refractivity (Wildman–Crippen MR) is 124 cm³/mol. The first-order chi connectivity index (χ1) is 15.2. The summed E-state index contributed by atoms with van der Waals surface area (Å²) in [6, 6.07) is 22.3. The van der Waals surface area contributed by atoms with Crippen molar-refractivity contribution in [2.24, 2.45) is 17.3 Å². The Hall–Kier alpha value is -2.13. The van der Waals surface area contributed by atoms with E-state index < -0.39 is 0 Å². The minimum absolute atomic E-state index is 0.0774. The second-order valence-electron chi connectivity index (χ2n) is 10.8. The Labute approximate surface area is 186 Å². The van der Waals surface area contributed by atoms with Gasteiger partial charge in [-0.25, -0.2) is 0 Å². The van der Waals surface area contributed by atoms with Gasteiger partial charge in [-0.1, -0.05) is 60.7 Å². The molecule has 7 rings (SSSR count). The smallest absolute Gasteiger partial charge is 0.228 e. The molecule has 1 aliphatic heterocycles. The lowest BCUT2D eigenvalue weighted by Gasteiger charge is -2.44. The number of rotatable bonds is 5. The lowest BCUT2D eigenvalue weighted by molar-refractivity contribution is -0.146. The number of nitrogens with zero attached hydrogens (tertiary/aromatic N) is 1. The molecule has 1 amide bonds. The van der Waals surface area contributed by atoms with E-state index in [-0.39, 0.29) is 10.8 Å². The molecule has 4 unspecified atom stereocenters. The Bertz CT molecular complexity index is 936. The molecule has 162 valence electrons. The van der Waals surface area contributed by atoms with Gasteiger partial charge >= 0.3 is 0 Å². The van der Waals surface area contributed by atoms with E-state index in [0.29, 0.717) is 17.9 Å². The monoisotopic (exact) mass is 414 g/mol.